The number of aromatic nitrogens is 2. The van der Waals surface area contributed by atoms with Crippen LogP contribution < -0.4 is 16.6 Å². The zero-order chi connectivity index (χ0) is 12.8. The molecule has 1 heterocycles. The maximum atomic E-state index is 5.96. The van der Waals surface area contributed by atoms with Crippen molar-refractivity contribution >= 4 is 23.4 Å². The molecule has 1 fully saturated rings. The number of hydrogen-bond donors (Lipinski definition) is 3. The van der Waals surface area contributed by atoms with Gasteiger partial charge in [0.25, 0.3) is 0 Å². The number of nitrogens with one attached hydrogen (secondary N) is 2. The van der Waals surface area contributed by atoms with Crippen molar-refractivity contribution in [3.63, 3.8) is 0 Å². The zero-order valence-electron chi connectivity index (χ0n) is 10.2. The van der Waals surface area contributed by atoms with Crippen molar-refractivity contribution in [3.05, 3.63) is 11.2 Å². The van der Waals surface area contributed by atoms with Crippen molar-refractivity contribution < 1.29 is 4.74 Å². The highest BCUT2D eigenvalue weighted by Crippen LogP contribution is 2.28. The number of anilines is 2. The maximum Gasteiger partial charge on any atom is 0.239 e. The smallest absolute Gasteiger partial charge is 0.239 e. The van der Waals surface area contributed by atoms with Crippen molar-refractivity contribution in [2.24, 2.45) is 11.8 Å². The van der Waals surface area contributed by atoms with Crippen molar-refractivity contribution in [3.8, 4) is 0 Å². The Bertz CT molecular complexity index is 386. The average Bonchev–Trinajstić information content (AvgIpc) is 3.19. The van der Waals surface area contributed by atoms with E-state index < -0.39 is 0 Å². The molecule has 0 aromatic carbocycles. The molecule has 100 valence electrons. The lowest BCUT2D eigenvalue weighted by Gasteiger charge is -2.08. The van der Waals surface area contributed by atoms with Gasteiger partial charge in [-0.3, -0.25) is 5.43 Å². The lowest BCUT2D eigenvalue weighted by Crippen LogP contribution is -2.13. The second-order valence-corrected chi connectivity index (χ2v) is 4.74. The van der Waals surface area contributed by atoms with Crippen molar-refractivity contribution in [1.29, 1.82) is 0 Å². The molecule has 1 aliphatic rings. The van der Waals surface area contributed by atoms with Gasteiger partial charge in [0.1, 0.15) is 5.02 Å². The summed E-state index contributed by atoms with van der Waals surface area (Å²) < 4.78 is 5.53. The molecule has 0 aliphatic heterocycles. The van der Waals surface area contributed by atoms with E-state index in [0.717, 1.165) is 32.1 Å². The minimum absolute atomic E-state index is 0.340. The van der Waals surface area contributed by atoms with Crippen molar-refractivity contribution in [2.45, 2.75) is 19.3 Å². The molecule has 2 rings (SSSR count). The van der Waals surface area contributed by atoms with E-state index in [4.69, 9.17) is 22.2 Å². The Morgan fingerprint density at radius 1 is 1.50 bits per heavy atom. The van der Waals surface area contributed by atoms with Gasteiger partial charge >= 0.3 is 0 Å². The Kier molecular flexibility index (Phi) is 4.98. The molecule has 4 N–H and O–H groups in total. The quantitative estimate of drug-likeness (QED) is 0.379. The highest BCUT2D eigenvalue weighted by molar-refractivity contribution is 6.32. The third-order valence-corrected chi connectivity index (χ3v) is 2.96. The number of rotatable bonds is 8. The third kappa shape index (κ3) is 4.29. The topological polar surface area (TPSA) is 85.1 Å². The molecular weight excluding hydrogens is 254 g/mol. The van der Waals surface area contributed by atoms with E-state index >= 15 is 0 Å². The number of hydrogen-bond acceptors (Lipinski definition) is 6. The van der Waals surface area contributed by atoms with E-state index in [2.05, 4.69) is 20.7 Å². The fourth-order valence-corrected chi connectivity index (χ4v) is 1.63. The molecule has 1 aliphatic carbocycles. The molecule has 7 heteroatoms. The van der Waals surface area contributed by atoms with E-state index in [9.17, 15) is 0 Å². The van der Waals surface area contributed by atoms with Gasteiger partial charge in [0.2, 0.25) is 5.95 Å². The fourth-order valence-electron chi connectivity index (χ4n) is 1.48. The summed E-state index contributed by atoms with van der Waals surface area (Å²) >= 11 is 5.96. The summed E-state index contributed by atoms with van der Waals surface area (Å²) in [5.41, 5.74) is 2.38. The average molecular weight is 272 g/mol. The first-order valence-electron chi connectivity index (χ1n) is 6.10. The molecule has 0 bridgehead atoms. The number of nitrogens with zero attached hydrogens (tertiary/aromatic N) is 2. The molecule has 1 aromatic rings. The molecule has 0 unspecified atom stereocenters. The van der Waals surface area contributed by atoms with Gasteiger partial charge in [-0.15, -0.1) is 0 Å². The van der Waals surface area contributed by atoms with Gasteiger partial charge in [0, 0.05) is 19.8 Å². The molecule has 18 heavy (non-hydrogen) atoms. The minimum atomic E-state index is 0.340. The first kappa shape index (κ1) is 13.3. The number of nitrogen functional groups attached to an aromatic ring is 1. The van der Waals surface area contributed by atoms with E-state index in [-0.39, 0.29) is 0 Å². The number of ether oxygens (including phenoxy) is 1. The number of halogens is 1. The number of nitrogens with two attached hydrogens (primary N) is 1. The van der Waals surface area contributed by atoms with Crippen LogP contribution in [0.2, 0.25) is 5.02 Å². The van der Waals surface area contributed by atoms with Gasteiger partial charge in [0.15, 0.2) is 5.82 Å². The lowest BCUT2D eigenvalue weighted by atomic mass is 10.4. The predicted molar refractivity (Wildman–Crippen MR) is 71.5 cm³/mol. The highest BCUT2D eigenvalue weighted by Gasteiger charge is 2.20. The largest absolute Gasteiger partial charge is 0.381 e. The van der Waals surface area contributed by atoms with Crippen LogP contribution in [0.3, 0.4) is 0 Å². The van der Waals surface area contributed by atoms with Gasteiger partial charge in [-0.2, -0.15) is 4.98 Å². The summed E-state index contributed by atoms with van der Waals surface area (Å²) in [7, 11) is 0. The van der Waals surface area contributed by atoms with Crippen LogP contribution in [-0.2, 0) is 4.74 Å². The van der Waals surface area contributed by atoms with Crippen molar-refractivity contribution in [1.82, 2.24) is 9.97 Å². The molecule has 0 atom stereocenters. The zero-order valence-corrected chi connectivity index (χ0v) is 10.9. The van der Waals surface area contributed by atoms with Gasteiger partial charge in [0.05, 0.1) is 6.20 Å². The van der Waals surface area contributed by atoms with Gasteiger partial charge in [-0.05, 0) is 25.2 Å². The molecule has 1 saturated carbocycles. The Morgan fingerprint density at radius 3 is 3.06 bits per heavy atom. The normalized spacial score (nSPS) is 14.6. The summed E-state index contributed by atoms with van der Waals surface area (Å²) in [4.78, 5) is 8.01. The van der Waals surface area contributed by atoms with Crippen LogP contribution in [0, 0.1) is 5.92 Å². The molecule has 0 amide bonds. The first-order chi connectivity index (χ1) is 8.79. The monoisotopic (exact) mass is 271 g/mol. The van der Waals surface area contributed by atoms with E-state index in [0.29, 0.717) is 16.8 Å². The van der Waals surface area contributed by atoms with Gasteiger partial charge in [-0.1, -0.05) is 11.6 Å². The second-order valence-electron chi connectivity index (χ2n) is 4.33. The van der Waals surface area contributed by atoms with E-state index in [1.165, 1.54) is 19.0 Å². The Hall–Kier alpha value is -1.11. The van der Waals surface area contributed by atoms with Gasteiger partial charge in [-0.25, -0.2) is 10.8 Å². The maximum absolute atomic E-state index is 5.96. The highest BCUT2D eigenvalue weighted by atomic mass is 35.5. The molecular formula is C11H18ClN5O. The van der Waals surface area contributed by atoms with Crippen molar-refractivity contribution in [2.75, 3.05) is 30.5 Å². The first-order valence-corrected chi connectivity index (χ1v) is 6.48. The van der Waals surface area contributed by atoms with Crippen LogP contribution in [0.4, 0.5) is 11.8 Å². The van der Waals surface area contributed by atoms with Crippen LogP contribution >= 0.6 is 11.6 Å². The minimum Gasteiger partial charge on any atom is -0.381 e. The Balaban J connectivity index is 1.65. The fraction of sp³-hybridized carbons (Fsp3) is 0.636. The predicted octanol–water partition coefficient (Wildman–Crippen LogP) is 1.64. The van der Waals surface area contributed by atoms with Crippen LogP contribution in [0.1, 0.15) is 19.3 Å². The summed E-state index contributed by atoms with van der Waals surface area (Å²) in [6.07, 6.45) is 5.07. The molecule has 0 spiro atoms. The van der Waals surface area contributed by atoms with Crippen LogP contribution in [0.5, 0.6) is 0 Å². The summed E-state index contributed by atoms with van der Waals surface area (Å²) in [6, 6.07) is 0. The van der Waals surface area contributed by atoms with Crippen LogP contribution in [0.15, 0.2) is 6.20 Å². The Morgan fingerprint density at radius 2 is 2.33 bits per heavy atom. The summed E-state index contributed by atoms with van der Waals surface area (Å²) in [6.45, 7) is 2.41. The van der Waals surface area contributed by atoms with E-state index in [1.807, 2.05) is 0 Å². The molecule has 6 nitrogen and oxygen atoms in total. The van der Waals surface area contributed by atoms with Gasteiger partial charge < -0.3 is 10.1 Å². The number of hydrazine groups is 1. The van der Waals surface area contributed by atoms with E-state index in [1.54, 1.807) is 0 Å². The van der Waals surface area contributed by atoms with Crippen LogP contribution in [0.25, 0.3) is 0 Å². The van der Waals surface area contributed by atoms with Crippen LogP contribution in [-0.4, -0.2) is 29.7 Å². The summed E-state index contributed by atoms with van der Waals surface area (Å²) in [5, 5.41) is 3.61. The molecule has 0 saturated heterocycles. The Labute approximate surface area is 111 Å². The standard InChI is InChI=1S/C11H18ClN5O/c12-9-6-15-11(17-13)16-10(9)14-4-1-5-18-7-8-2-3-8/h6,8H,1-5,7,13H2,(H2,14,15,16,17). The summed E-state index contributed by atoms with van der Waals surface area (Å²) in [5.74, 6) is 6.97. The second kappa shape index (κ2) is 6.72. The molecule has 1 aromatic heterocycles. The molecule has 0 radical (unpaired) electrons. The SMILES string of the molecule is NNc1ncc(Cl)c(NCCCOCC2CC2)n1. The third-order valence-electron chi connectivity index (χ3n) is 2.68. The lowest BCUT2D eigenvalue weighted by molar-refractivity contribution is 0.124.